The molecule has 4 fully saturated rings. The summed E-state index contributed by atoms with van der Waals surface area (Å²) in [6.07, 6.45) is 11.4. The molecule has 8 atom stereocenters. The molecule has 2 aromatic rings. The molecule has 2 amide bonds. The van der Waals surface area contributed by atoms with Gasteiger partial charge in [0.1, 0.15) is 6.04 Å². The zero-order chi connectivity index (χ0) is 31.1. The van der Waals surface area contributed by atoms with Crippen molar-refractivity contribution in [1.29, 1.82) is 0 Å². The van der Waals surface area contributed by atoms with E-state index in [1.54, 1.807) is 6.20 Å². The number of rotatable bonds is 9. The number of carbonyl (C=O) groups is 3. The van der Waals surface area contributed by atoms with E-state index in [0.29, 0.717) is 23.7 Å². The van der Waals surface area contributed by atoms with Crippen molar-refractivity contribution in [2.45, 2.75) is 90.2 Å². The molecule has 0 saturated heterocycles. The number of nitrogens with one attached hydrogen (secondary N) is 3. The van der Waals surface area contributed by atoms with Crippen molar-refractivity contribution in [3.05, 3.63) is 36.0 Å². The van der Waals surface area contributed by atoms with E-state index >= 15 is 0 Å². The van der Waals surface area contributed by atoms with Crippen LogP contribution in [0.4, 0.5) is 0 Å². The third-order valence-electron chi connectivity index (χ3n) is 12.0. The number of para-hydroxylation sites is 1. The van der Waals surface area contributed by atoms with E-state index in [1.165, 1.54) is 19.3 Å². The molecule has 1 heterocycles. The van der Waals surface area contributed by atoms with E-state index in [0.717, 1.165) is 60.7 Å². The fourth-order valence-corrected chi connectivity index (χ4v) is 9.49. The highest BCUT2D eigenvalue weighted by atomic mass is 16.6. The number of carboxylic acid groups (broad SMARTS) is 1. The maximum Gasteiger partial charge on any atom is 0.326 e. The number of benzene rings is 1. The van der Waals surface area contributed by atoms with Crippen molar-refractivity contribution in [3.63, 3.8) is 0 Å². The van der Waals surface area contributed by atoms with Crippen LogP contribution in [0.25, 0.3) is 10.9 Å². The summed E-state index contributed by atoms with van der Waals surface area (Å²) >= 11 is 0. The number of H-pyrrole nitrogens is 1. The molecule has 1 aromatic carbocycles. The van der Waals surface area contributed by atoms with Crippen LogP contribution in [-0.4, -0.2) is 64.0 Å². The quantitative estimate of drug-likeness (QED) is 0.270. The van der Waals surface area contributed by atoms with E-state index in [1.807, 2.05) is 24.3 Å². The lowest BCUT2D eigenvalue weighted by Crippen LogP contribution is -2.54. The molecule has 5 N–H and O–H groups in total. The first-order valence-electron chi connectivity index (χ1n) is 16.3. The van der Waals surface area contributed by atoms with Crippen LogP contribution in [0.15, 0.2) is 35.6 Å². The van der Waals surface area contributed by atoms with Crippen LogP contribution in [-0.2, 0) is 25.6 Å². The molecule has 4 aliphatic rings. The average Bonchev–Trinajstić information content (AvgIpc) is 3.55. The fraction of sp³-hybridized carbons (Fsp3) is 0.647. The number of aromatic amines is 1. The van der Waals surface area contributed by atoms with Gasteiger partial charge in [0.2, 0.25) is 5.91 Å². The van der Waals surface area contributed by atoms with Gasteiger partial charge in [-0.1, -0.05) is 37.2 Å². The van der Waals surface area contributed by atoms with Gasteiger partial charge in [-0.15, -0.1) is 0 Å². The molecule has 44 heavy (non-hydrogen) atoms. The van der Waals surface area contributed by atoms with Gasteiger partial charge in [-0.25, -0.2) is 4.79 Å². The van der Waals surface area contributed by atoms with Crippen molar-refractivity contribution in [3.8, 4) is 0 Å². The van der Waals surface area contributed by atoms with Crippen molar-refractivity contribution in [2.24, 2.45) is 39.7 Å². The maximum absolute atomic E-state index is 12.5. The standard InChI is InChI=1S/C34H46N4O6/c1-33-13-11-22(16-21(33)7-8-24-25-9-10-29(39)34(25,2)14-12-26(24)33)38-44-19-31(41)36-18-30(40)37-28(32(42)43)15-20-17-35-27-6-4-3-5-23(20)27/h3-6,17,21,24-26,28-29,35,39H,7-16,18-19H2,1-2H3,(H,36,41)(H,37,40)(H,42,43)/b38-22-/t21?,24?,25?,26?,28?,29-,33?,34?/m1/s1. The Hall–Kier alpha value is -3.40. The minimum Gasteiger partial charge on any atom is -0.480 e. The van der Waals surface area contributed by atoms with E-state index in [9.17, 15) is 24.6 Å². The number of hydrogen-bond donors (Lipinski definition) is 5. The number of hydrogen-bond acceptors (Lipinski definition) is 6. The Bertz CT molecular complexity index is 1440. The number of nitrogens with zero attached hydrogens (tertiary/aromatic N) is 1. The van der Waals surface area contributed by atoms with Crippen molar-refractivity contribution >= 4 is 34.4 Å². The van der Waals surface area contributed by atoms with Gasteiger partial charge in [-0.2, -0.15) is 0 Å². The van der Waals surface area contributed by atoms with Crippen LogP contribution in [0.5, 0.6) is 0 Å². The van der Waals surface area contributed by atoms with Gasteiger partial charge in [0.25, 0.3) is 5.91 Å². The lowest BCUT2D eigenvalue weighted by atomic mass is 9.45. The number of aliphatic hydroxyl groups is 1. The molecule has 10 heteroatoms. The Balaban J connectivity index is 0.951. The number of aliphatic hydroxyl groups excluding tert-OH is 1. The van der Waals surface area contributed by atoms with Gasteiger partial charge in [-0.05, 0) is 104 Å². The Morgan fingerprint density at radius 1 is 1.05 bits per heavy atom. The van der Waals surface area contributed by atoms with Gasteiger partial charge >= 0.3 is 5.97 Å². The van der Waals surface area contributed by atoms with Crippen LogP contribution >= 0.6 is 0 Å². The van der Waals surface area contributed by atoms with E-state index in [-0.39, 0.29) is 36.5 Å². The Morgan fingerprint density at radius 3 is 2.66 bits per heavy atom. The number of carbonyl (C=O) groups excluding carboxylic acids is 2. The minimum atomic E-state index is -1.15. The van der Waals surface area contributed by atoms with Gasteiger partial charge < -0.3 is 30.7 Å². The maximum atomic E-state index is 12.5. The van der Waals surface area contributed by atoms with E-state index in [2.05, 4.69) is 34.6 Å². The first-order valence-corrected chi connectivity index (χ1v) is 16.3. The molecular formula is C34H46N4O6. The first kappa shape index (κ1) is 30.6. The molecule has 0 aliphatic heterocycles. The van der Waals surface area contributed by atoms with Crippen LogP contribution in [0.2, 0.25) is 0 Å². The zero-order valence-electron chi connectivity index (χ0n) is 25.8. The minimum absolute atomic E-state index is 0.0939. The highest BCUT2D eigenvalue weighted by Crippen LogP contribution is 2.66. The highest BCUT2D eigenvalue weighted by molar-refractivity contribution is 5.89. The number of carboxylic acids is 1. The summed E-state index contributed by atoms with van der Waals surface area (Å²) in [6, 6.07) is 6.44. The summed E-state index contributed by atoms with van der Waals surface area (Å²) in [7, 11) is 0. The Morgan fingerprint density at radius 2 is 1.84 bits per heavy atom. The second-order valence-corrected chi connectivity index (χ2v) is 14.2. The Kier molecular flexibility index (Phi) is 8.48. The lowest BCUT2D eigenvalue weighted by molar-refractivity contribution is -0.141. The van der Waals surface area contributed by atoms with Gasteiger partial charge in [0, 0.05) is 23.5 Å². The SMILES string of the molecule is CC12CC/C(=N/OCC(=O)NCC(=O)NC(Cc3c[nH]c4ccccc34)C(=O)O)CC1CCC1C2CCC2(C)C1CC[C@H]2O. The molecule has 0 radical (unpaired) electrons. The second kappa shape index (κ2) is 12.2. The predicted molar refractivity (Wildman–Crippen MR) is 166 cm³/mol. The first-order chi connectivity index (χ1) is 21.1. The summed E-state index contributed by atoms with van der Waals surface area (Å²) in [6.45, 7) is 4.15. The van der Waals surface area contributed by atoms with Gasteiger partial charge in [-0.3, -0.25) is 9.59 Å². The summed E-state index contributed by atoms with van der Waals surface area (Å²) in [5.41, 5.74) is 3.05. The molecule has 0 spiro atoms. The molecule has 0 bridgehead atoms. The summed E-state index contributed by atoms with van der Waals surface area (Å²) in [4.78, 5) is 45.2. The number of fused-ring (bicyclic) bond motifs is 6. The molecule has 4 saturated carbocycles. The molecular weight excluding hydrogens is 560 g/mol. The number of aliphatic carboxylic acids is 1. The molecule has 1 aromatic heterocycles. The van der Waals surface area contributed by atoms with Crippen molar-refractivity contribution < 1.29 is 29.4 Å². The number of amides is 2. The summed E-state index contributed by atoms with van der Waals surface area (Å²) in [5.74, 6) is 0.383. The van der Waals surface area contributed by atoms with Crippen LogP contribution in [0.1, 0.15) is 77.2 Å². The smallest absolute Gasteiger partial charge is 0.326 e. The monoisotopic (exact) mass is 606 g/mol. The topological polar surface area (TPSA) is 153 Å². The zero-order valence-corrected chi connectivity index (χ0v) is 25.8. The second-order valence-electron chi connectivity index (χ2n) is 14.2. The van der Waals surface area contributed by atoms with Gasteiger partial charge in [0.15, 0.2) is 6.61 Å². The van der Waals surface area contributed by atoms with Crippen LogP contribution < -0.4 is 10.6 Å². The largest absolute Gasteiger partial charge is 0.480 e. The Labute approximate surface area is 258 Å². The van der Waals surface area contributed by atoms with Crippen LogP contribution in [0, 0.1) is 34.5 Å². The summed E-state index contributed by atoms with van der Waals surface area (Å²) < 4.78 is 0. The lowest BCUT2D eigenvalue weighted by Gasteiger charge is -2.60. The number of oxime groups is 1. The normalized spacial score (nSPS) is 34.4. The third-order valence-corrected chi connectivity index (χ3v) is 12.0. The van der Waals surface area contributed by atoms with Crippen molar-refractivity contribution in [1.82, 2.24) is 15.6 Å². The predicted octanol–water partition coefficient (Wildman–Crippen LogP) is 4.17. The van der Waals surface area contributed by atoms with Gasteiger partial charge in [0.05, 0.1) is 18.4 Å². The van der Waals surface area contributed by atoms with Crippen LogP contribution in [0.3, 0.4) is 0 Å². The number of aromatic nitrogens is 1. The molecule has 6 rings (SSSR count). The highest BCUT2D eigenvalue weighted by Gasteiger charge is 2.59. The molecule has 4 aliphatic carbocycles. The van der Waals surface area contributed by atoms with E-state index in [4.69, 9.17) is 4.84 Å². The van der Waals surface area contributed by atoms with E-state index < -0.39 is 23.8 Å². The average molecular weight is 607 g/mol. The molecule has 10 nitrogen and oxygen atoms in total. The third kappa shape index (κ3) is 5.73. The van der Waals surface area contributed by atoms with Crippen molar-refractivity contribution in [2.75, 3.05) is 13.2 Å². The fourth-order valence-electron chi connectivity index (χ4n) is 9.49. The molecule has 7 unspecified atom stereocenters. The molecule has 238 valence electrons. The summed E-state index contributed by atoms with van der Waals surface area (Å²) in [5, 5.41) is 30.6.